The number of piperidine rings is 3. The number of aromatic nitrogens is 2. The van der Waals surface area contributed by atoms with Crippen LogP contribution >= 0.6 is 0 Å². The highest BCUT2D eigenvalue weighted by Gasteiger charge is 2.37. The average Bonchev–Trinajstić information content (AvgIpc) is 2.98. The van der Waals surface area contributed by atoms with Crippen LogP contribution in [-0.4, -0.2) is 53.4 Å². The molecule has 0 aliphatic carbocycles. The molecule has 0 amide bonds. The van der Waals surface area contributed by atoms with Crippen LogP contribution in [0.1, 0.15) is 23.3 Å². The lowest BCUT2D eigenvalue weighted by Gasteiger charge is -2.43. The van der Waals surface area contributed by atoms with Gasteiger partial charge in [-0.3, -0.25) is 10.00 Å². The fraction of sp³-hybridized carbons (Fsp3) is 0.500. The Labute approximate surface area is 136 Å². The zero-order chi connectivity index (χ0) is 16.7. The van der Waals surface area contributed by atoms with Crippen LogP contribution in [0.4, 0.5) is 8.78 Å². The van der Waals surface area contributed by atoms with E-state index in [0.717, 1.165) is 32.5 Å². The van der Waals surface area contributed by atoms with Crippen LogP contribution in [0.3, 0.4) is 0 Å². The van der Waals surface area contributed by atoms with E-state index in [-0.39, 0.29) is 17.5 Å². The molecule has 2 aromatic rings. The van der Waals surface area contributed by atoms with Crippen molar-refractivity contribution in [3.8, 4) is 5.75 Å². The molecular formula is C16H17F2N3O3. The van der Waals surface area contributed by atoms with E-state index >= 15 is 0 Å². The van der Waals surface area contributed by atoms with Gasteiger partial charge in [-0.05, 0) is 50.0 Å². The van der Waals surface area contributed by atoms with Gasteiger partial charge in [0.05, 0.1) is 5.52 Å². The van der Waals surface area contributed by atoms with Crippen LogP contribution in [0.5, 0.6) is 5.75 Å². The van der Waals surface area contributed by atoms with Crippen molar-refractivity contribution in [1.82, 2.24) is 15.1 Å². The maximum absolute atomic E-state index is 12.5. The summed E-state index contributed by atoms with van der Waals surface area (Å²) in [5, 5.41) is 7.12. The SMILES string of the molecule is O=C(O[C@@H]1CN2CCC1CC2)c1n[nH]c2ccc(OC(F)F)cc12. The van der Waals surface area contributed by atoms with Crippen molar-refractivity contribution in [1.29, 1.82) is 0 Å². The van der Waals surface area contributed by atoms with Crippen LogP contribution in [-0.2, 0) is 4.74 Å². The molecule has 1 N–H and O–H groups in total. The number of rotatable bonds is 4. The molecule has 5 rings (SSSR count). The number of benzene rings is 1. The zero-order valence-corrected chi connectivity index (χ0v) is 12.9. The second-order valence-corrected chi connectivity index (χ2v) is 6.24. The number of ether oxygens (including phenoxy) is 2. The lowest BCUT2D eigenvalue weighted by molar-refractivity contribution is -0.0497. The summed E-state index contributed by atoms with van der Waals surface area (Å²) in [6.07, 6.45) is 1.93. The first-order valence-corrected chi connectivity index (χ1v) is 7.96. The Hall–Kier alpha value is -2.22. The number of aromatic amines is 1. The van der Waals surface area contributed by atoms with E-state index in [1.165, 1.54) is 12.1 Å². The van der Waals surface area contributed by atoms with Gasteiger partial charge in [0.25, 0.3) is 0 Å². The first-order valence-electron chi connectivity index (χ1n) is 7.96. The molecule has 8 heteroatoms. The van der Waals surface area contributed by atoms with Crippen LogP contribution in [0, 0.1) is 5.92 Å². The molecule has 1 aromatic heterocycles. The van der Waals surface area contributed by atoms with E-state index in [2.05, 4.69) is 19.8 Å². The second kappa shape index (κ2) is 6.01. The summed E-state index contributed by atoms with van der Waals surface area (Å²) in [6.45, 7) is -0.0634. The number of esters is 1. The fourth-order valence-electron chi connectivity index (χ4n) is 3.56. The van der Waals surface area contributed by atoms with E-state index in [4.69, 9.17) is 4.74 Å². The number of H-pyrrole nitrogens is 1. The zero-order valence-electron chi connectivity index (χ0n) is 12.9. The van der Waals surface area contributed by atoms with Crippen molar-refractivity contribution in [2.75, 3.05) is 19.6 Å². The predicted molar refractivity (Wildman–Crippen MR) is 81.1 cm³/mol. The Kier molecular flexibility index (Phi) is 3.84. The lowest BCUT2D eigenvalue weighted by atomic mass is 9.86. The Morgan fingerprint density at radius 2 is 2.12 bits per heavy atom. The molecular weight excluding hydrogens is 320 g/mol. The Bertz CT molecular complexity index is 756. The summed E-state index contributed by atoms with van der Waals surface area (Å²) < 4.78 is 34.7. The van der Waals surface area contributed by atoms with Gasteiger partial charge in [-0.15, -0.1) is 0 Å². The van der Waals surface area contributed by atoms with Gasteiger partial charge in [-0.2, -0.15) is 13.9 Å². The average molecular weight is 337 g/mol. The van der Waals surface area contributed by atoms with Crippen LogP contribution < -0.4 is 4.74 Å². The van der Waals surface area contributed by atoms with Gasteiger partial charge in [0.15, 0.2) is 5.69 Å². The summed E-state index contributed by atoms with van der Waals surface area (Å²) in [6, 6.07) is 4.32. The highest BCUT2D eigenvalue weighted by atomic mass is 19.3. The first kappa shape index (κ1) is 15.3. The second-order valence-electron chi connectivity index (χ2n) is 6.24. The van der Waals surface area contributed by atoms with Crippen LogP contribution in [0.15, 0.2) is 18.2 Å². The third-order valence-corrected chi connectivity index (χ3v) is 4.81. The minimum Gasteiger partial charge on any atom is -0.456 e. The van der Waals surface area contributed by atoms with Gasteiger partial charge >= 0.3 is 12.6 Å². The van der Waals surface area contributed by atoms with Crippen molar-refractivity contribution in [2.24, 2.45) is 5.92 Å². The van der Waals surface area contributed by atoms with Crippen LogP contribution in [0.25, 0.3) is 10.9 Å². The summed E-state index contributed by atoms with van der Waals surface area (Å²) in [5.74, 6) is -0.160. The predicted octanol–water partition coefficient (Wildman–Crippen LogP) is 2.42. The lowest BCUT2D eigenvalue weighted by Crippen LogP contribution is -2.51. The van der Waals surface area contributed by atoms with E-state index in [0.29, 0.717) is 16.8 Å². The Morgan fingerprint density at radius 1 is 1.33 bits per heavy atom. The van der Waals surface area contributed by atoms with E-state index in [9.17, 15) is 13.6 Å². The Balaban J connectivity index is 1.55. The molecule has 3 aliphatic rings. The summed E-state index contributed by atoms with van der Waals surface area (Å²) in [5.41, 5.74) is 0.665. The highest BCUT2D eigenvalue weighted by molar-refractivity contribution is 6.02. The molecule has 0 unspecified atom stereocenters. The van der Waals surface area contributed by atoms with Gasteiger partial charge in [0.2, 0.25) is 0 Å². The topological polar surface area (TPSA) is 67.5 Å². The fourth-order valence-corrected chi connectivity index (χ4v) is 3.56. The van der Waals surface area contributed by atoms with Crippen molar-refractivity contribution < 1.29 is 23.0 Å². The van der Waals surface area contributed by atoms with Gasteiger partial charge < -0.3 is 9.47 Å². The molecule has 1 atom stereocenters. The van der Waals surface area contributed by atoms with Crippen molar-refractivity contribution >= 4 is 16.9 Å². The van der Waals surface area contributed by atoms with E-state index in [1.807, 2.05) is 0 Å². The monoisotopic (exact) mass is 337 g/mol. The summed E-state index contributed by atoms with van der Waals surface area (Å²) >= 11 is 0. The summed E-state index contributed by atoms with van der Waals surface area (Å²) in [4.78, 5) is 14.8. The summed E-state index contributed by atoms with van der Waals surface area (Å²) in [7, 11) is 0. The third kappa shape index (κ3) is 2.82. The molecule has 1 aromatic carbocycles. The minimum absolute atomic E-state index is 0.0178. The van der Waals surface area contributed by atoms with Gasteiger partial charge in [-0.25, -0.2) is 4.79 Å². The minimum atomic E-state index is -2.92. The van der Waals surface area contributed by atoms with Gasteiger partial charge in [-0.1, -0.05) is 0 Å². The molecule has 6 nitrogen and oxygen atoms in total. The quantitative estimate of drug-likeness (QED) is 0.868. The van der Waals surface area contributed by atoms with Gasteiger partial charge in [0.1, 0.15) is 11.9 Å². The van der Waals surface area contributed by atoms with Crippen molar-refractivity contribution in [3.63, 3.8) is 0 Å². The molecule has 128 valence electrons. The molecule has 2 bridgehead atoms. The molecule has 3 fully saturated rings. The molecule has 4 heterocycles. The van der Waals surface area contributed by atoms with Crippen molar-refractivity contribution in [2.45, 2.75) is 25.6 Å². The van der Waals surface area contributed by atoms with Crippen molar-refractivity contribution in [3.05, 3.63) is 23.9 Å². The number of hydrogen-bond acceptors (Lipinski definition) is 5. The first-order chi connectivity index (χ1) is 11.6. The third-order valence-electron chi connectivity index (χ3n) is 4.81. The number of carbonyl (C=O) groups is 1. The van der Waals surface area contributed by atoms with E-state index in [1.54, 1.807) is 6.07 Å². The number of halogens is 2. The highest BCUT2D eigenvalue weighted by Crippen LogP contribution is 2.31. The number of nitrogens with zero attached hydrogens (tertiary/aromatic N) is 2. The molecule has 24 heavy (non-hydrogen) atoms. The largest absolute Gasteiger partial charge is 0.456 e. The standard InChI is InChI=1S/C16H17F2N3O3/c17-16(18)23-10-1-2-12-11(7-10)14(20-19-12)15(22)24-13-8-21-5-3-9(13)4-6-21/h1-2,7,9,13,16H,3-6,8H2,(H,19,20)/t13-/m1/s1. The maximum Gasteiger partial charge on any atom is 0.387 e. The van der Waals surface area contributed by atoms with E-state index < -0.39 is 12.6 Å². The van der Waals surface area contributed by atoms with Gasteiger partial charge in [0, 0.05) is 11.9 Å². The maximum atomic E-state index is 12.5. The number of alkyl halides is 2. The smallest absolute Gasteiger partial charge is 0.387 e. The number of carbonyl (C=O) groups excluding carboxylic acids is 1. The van der Waals surface area contributed by atoms with Crippen LogP contribution in [0.2, 0.25) is 0 Å². The molecule has 0 spiro atoms. The molecule has 3 saturated heterocycles. The normalized spacial score (nSPS) is 26.0. The molecule has 0 saturated carbocycles. The Morgan fingerprint density at radius 3 is 2.79 bits per heavy atom. The number of fused-ring (bicyclic) bond motifs is 4. The molecule has 0 radical (unpaired) electrons. The number of hydrogen-bond donors (Lipinski definition) is 1. The number of nitrogens with one attached hydrogen (secondary N) is 1. The molecule has 3 aliphatic heterocycles.